The fraction of sp³-hybridized carbons (Fsp3) is 0.250. The third kappa shape index (κ3) is 4.04. The molecule has 2 aromatic rings. The van der Waals surface area contributed by atoms with Crippen LogP contribution in [-0.4, -0.2) is 27.4 Å². The fourth-order valence-corrected chi connectivity index (χ4v) is 2.13. The second kappa shape index (κ2) is 6.68. The summed E-state index contributed by atoms with van der Waals surface area (Å²) in [7, 11) is 0. The predicted molar refractivity (Wildman–Crippen MR) is 76.1 cm³/mol. The average molecular weight is 344 g/mol. The van der Waals surface area contributed by atoms with Crippen LogP contribution in [0.1, 0.15) is 16.8 Å². The van der Waals surface area contributed by atoms with Gasteiger partial charge in [-0.2, -0.15) is 0 Å². The molecule has 1 amide bonds. The van der Waals surface area contributed by atoms with Gasteiger partial charge in [-0.15, -0.1) is 5.10 Å². The van der Waals surface area contributed by atoms with E-state index in [0.29, 0.717) is 23.7 Å². The number of carbonyl (C=O) groups excluding carboxylic acids is 1. The number of hydrogen-bond acceptors (Lipinski definition) is 3. The molecule has 1 N–H and O–H groups in total. The van der Waals surface area contributed by atoms with Crippen LogP contribution < -0.4 is 5.32 Å². The maximum absolute atomic E-state index is 11.9. The van der Waals surface area contributed by atoms with Crippen molar-refractivity contribution in [3.63, 3.8) is 0 Å². The van der Waals surface area contributed by atoms with Gasteiger partial charge in [0.25, 0.3) is 5.91 Å². The summed E-state index contributed by atoms with van der Waals surface area (Å²) in [5.41, 5.74) is 0.469. The van der Waals surface area contributed by atoms with Crippen LogP contribution in [0.25, 0.3) is 0 Å². The Kier molecular flexibility index (Phi) is 4.93. The lowest BCUT2D eigenvalue weighted by Crippen LogP contribution is -2.25. The van der Waals surface area contributed by atoms with Crippen LogP contribution in [0.2, 0.25) is 5.02 Å². The van der Waals surface area contributed by atoms with E-state index in [1.807, 2.05) is 0 Å². The van der Waals surface area contributed by atoms with E-state index in [0.717, 1.165) is 10.9 Å². The minimum absolute atomic E-state index is 0.176. The first-order valence-corrected chi connectivity index (χ1v) is 6.91. The highest BCUT2D eigenvalue weighted by Gasteiger charge is 2.09. The van der Waals surface area contributed by atoms with E-state index in [2.05, 4.69) is 31.6 Å². The summed E-state index contributed by atoms with van der Waals surface area (Å²) in [6.45, 7) is 1.27. The summed E-state index contributed by atoms with van der Waals surface area (Å²) in [6.07, 6.45) is 4.19. The van der Waals surface area contributed by atoms with Crippen LogP contribution >= 0.6 is 27.5 Å². The molecule has 0 radical (unpaired) electrons. The quantitative estimate of drug-likeness (QED) is 0.849. The number of carbonyl (C=O) groups is 1. The van der Waals surface area contributed by atoms with Crippen molar-refractivity contribution in [3.05, 3.63) is 45.7 Å². The zero-order chi connectivity index (χ0) is 13.7. The molecule has 0 aliphatic carbocycles. The molecule has 0 saturated heterocycles. The highest BCUT2D eigenvalue weighted by atomic mass is 79.9. The zero-order valence-electron chi connectivity index (χ0n) is 10.0. The lowest BCUT2D eigenvalue weighted by Gasteiger charge is -2.07. The summed E-state index contributed by atoms with van der Waals surface area (Å²) >= 11 is 9.30. The minimum Gasteiger partial charge on any atom is -0.352 e. The van der Waals surface area contributed by atoms with Gasteiger partial charge in [0.05, 0.1) is 16.8 Å². The fourth-order valence-electron chi connectivity index (χ4n) is 1.56. The van der Waals surface area contributed by atoms with Crippen LogP contribution in [0.3, 0.4) is 0 Å². The van der Waals surface area contributed by atoms with Gasteiger partial charge in [-0.25, -0.2) is 0 Å². The Balaban J connectivity index is 1.82. The summed E-state index contributed by atoms with van der Waals surface area (Å²) in [5, 5.41) is 10.8. The number of aromatic nitrogens is 3. The van der Waals surface area contributed by atoms with Gasteiger partial charge in [-0.05, 0) is 24.6 Å². The van der Waals surface area contributed by atoms with E-state index in [4.69, 9.17) is 11.6 Å². The normalized spacial score (nSPS) is 10.4. The van der Waals surface area contributed by atoms with Gasteiger partial charge in [-0.1, -0.05) is 32.7 Å². The summed E-state index contributed by atoms with van der Waals surface area (Å²) < 4.78 is 2.54. The molecule has 1 aromatic carbocycles. The van der Waals surface area contributed by atoms with E-state index in [1.54, 1.807) is 35.3 Å². The molecule has 2 rings (SSSR count). The van der Waals surface area contributed by atoms with Crippen molar-refractivity contribution in [2.45, 2.75) is 13.0 Å². The number of hydrogen-bond donors (Lipinski definition) is 1. The van der Waals surface area contributed by atoms with Crippen LogP contribution in [0.15, 0.2) is 35.1 Å². The standard InChI is InChI=1S/C12H12BrClN4O/c13-9-2-3-11(14)10(8-9)12(19)15-4-1-6-18-7-5-16-17-18/h2-3,5,7-8H,1,4,6H2,(H,15,19). The molecule has 7 heteroatoms. The Hall–Kier alpha value is -1.40. The van der Waals surface area contributed by atoms with Gasteiger partial charge in [0.2, 0.25) is 0 Å². The Morgan fingerprint density at radius 2 is 2.32 bits per heavy atom. The molecular weight excluding hydrogens is 332 g/mol. The summed E-state index contributed by atoms with van der Waals surface area (Å²) in [6, 6.07) is 5.19. The lowest BCUT2D eigenvalue weighted by molar-refractivity contribution is 0.0952. The van der Waals surface area contributed by atoms with Crippen LogP contribution in [0.4, 0.5) is 0 Å². The van der Waals surface area contributed by atoms with Crippen molar-refractivity contribution in [1.82, 2.24) is 20.3 Å². The molecule has 0 aliphatic heterocycles. The Bertz CT molecular complexity index is 559. The average Bonchev–Trinajstić information content (AvgIpc) is 2.90. The van der Waals surface area contributed by atoms with Crippen LogP contribution in [0, 0.1) is 0 Å². The summed E-state index contributed by atoms with van der Waals surface area (Å²) in [4.78, 5) is 11.9. The number of nitrogens with one attached hydrogen (secondary N) is 1. The first kappa shape index (κ1) is 14.0. The third-order valence-electron chi connectivity index (χ3n) is 2.49. The molecule has 0 spiro atoms. The second-order valence-corrected chi connectivity index (χ2v) is 5.22. The molecule has 0 fully saturated rings. The monoisotopic (exact) mass is 342 g/mol. The predicted octanol–water partition coefficient (Wildman–Crippen LogP) is 2.51. The van der Waals surface area contributed by atoms with E-state index < -0.39 is 0 Å². The van der Waals surface area contributed by atoms with Crippen molar-refractivity contribution in [2.75, 3.05) is 6.54 Å². The van der Waals surface area contributed by atoms with Crippen LogP contribution in [-0.2, 0) is 6.54 Å². The van der Waals surface area contributed by atoms with Crippen molar-refractivity contribution in [3.8, 4) is 0 Å². The second-order valence-electron chi connectivity index (χ2n) is 3.90. The van der Waals surface area contributed by atoms with Gasteiger partial charge in [0.1, 0.15) is 0 Å². The van der Waals surface area contributed by atoms with Crippen LogP contribution in [0.5, 0.6) is 0 Å². The molecule has 1 aromatic heterocycles. The number of halogens is 2. The van der Waals surface area contributed by atoms with Crippen molar-refractivity contribution in [1.29, 1.82) is 0 Å². The topological polar surface area (TPSA) is 59.8 Å². The molecule has 0 bridgehead atoms. The Labute approximate surface area is 124 Å². The van der Waals surface area contributed by atoms with Gasteiger partial charge in [0, 0.05) is 23.8 Å². The highest BCUT2D eigenvalue weighted by molar-refractivity contribution is 9.10. The zero-order valence-corrected chi connectivity index (χ0v) is 12.4. The smallest absolute Gasteiger partial charge is 0.252 e. The lowest BCUT2D eigenvalue weighted by atomic mass is 10.2. The maximum atomic E-state index is 11.9. The van der Waals surface area contributed by atoms with Gasteiger partial charge in [0.15, 0.2) is 0 Å². The van der Waals surface area contributed by atoms with E-state index >= 15 is 0 Å². The first-order valence-electron chi connectivity index (χ1n) is 5.74. The van der Waals surface area contributed by atoms with Gasteiger partial charge in [-0.3, -0.25) is 9.48 Å². The molecule has 5 nitrogen and oxygen atoms in total. The largest absolute Gasteiger partial charge is 0.352 e. The molecular formula is C12H12BrClN4O. The highest BCUT2D eigenvalue weighted by Crippen LogP contribution is 2.20. The molecule has 100 valence electrons. The van der Waals surface area contributed by atoms with Crippen molar-refractivity contribution in [2.24, 2.45) is 0 Å². The third-order valence-corrected chi connectivity index (χ3v) is 3.32. The Morgan fingerprint density at radius 3 is 3.05 bits per heavy atom. The number of amides is 1. The molecule has 0 aliphatic rings. The molecule has 0 atom stereocenters. The number of aryl methyl sites for hydroxylation is 1. The van der Waals surface area contributed by atoms with Crippen molar-refractivity contribution < 1.29 is 4.79 Å². The summed E-state index contributed by atoms with van der Waals surface area (Å²) in [5.74, 6) is -0.176. The number of nitrogens with zero attached hydrogens (tertiary/aromatic N) is 3. The van der Waals surface area contributed by atoms with E-state index in [9.17, 15) is 4.79 Å². The molecule has 19 heavy (non-hydrogen) atoms. The molecule has 0 unspecified atom stereocenters. The number of benzene rings is 1. The van der Waals surface area contributed by atoms with Gasteiger partial charge < -0.3 is 5.32 Å². The van der Waals surface area contributed by atoms with E-state index in [-0.39, 0.29) is 5.91 Å². The first-order chi connectivity index (χ1) is 9.16. The molecule has 0 saturated carbocycles. The molecule has 1 heterocycles. The minimum atomic E-state index is -0.176. The SMILES string of the molecule is O=C(NCCCn1ccnn1)c1cc(Br)ccc1Cl. The van der Waals surface area contributed by atoms with E-state index in [1.165, 1.54) is 0 Å². The Morgan fingerprint density at radius 1 is 1.47 bits per heavy atom. The van der Waals surface area contributed by atoms with Crippen molar-refractivity contribution >= 4 is 33.4 Å². The van der Waals surface area contributed by atoms with Gasteiger partial charge >= 0.3 is 0 Å². The maximum Gasteiger partial charge on any atom is 0.252 e. The number of rotatable bonds is 5.